The number of amides is 1. The van der Waals surface area contributed by atoms with Crippen molar-refractivity contribution < 1.29 is 9.18 Å². The first kappa shape index (κ1) is 17.5. The second-order valence-corrected chi connectivity index (χ2v) is 7.19. The Balaban J connectivity index is 2.26. The van der Waals surface area contributed by atoms with E-state index in [1.54, 1.807) is 6.07 Å². The minimum atomic E-state index is -0.581. The van der Waals surface area contributed by atoms with Crippen LogP contribution in [0.5, 0.6) is 0 Å². The monoisotopic (exact) mass is 333 g/mol. The molecule has 1 atom stereocenters. The molecule has 2 nitrogen and oxygen atoms in total. The number of carbonyl (C=O) groups is 1. The molecule has 2 N–H and O–H groups in total. The standard InChI is InChI=1S/C19H21ClFNO/c1-19(2,3)14-7-4-12(5-8-14)10-15(18(22)23)13-6-9-16(20)17(21)11-13/h4-9,11,15H,10H2,1-3H3,(H2,22,23). The van der Waals surface area contributed by atoms with Crippen LogP contribution in [0.2, 0.25) is 5.02 Å². The van der Waals surface area contributed by atoms with Gasteiger partial charge in [0.05, 0.1) is 10.9 Å². The highest BCUT2D eigenvalue weighted by Crippen LogP contribution is 2.27. The van der Waals surface area contributed by atoms with E-state index in [1.165, 1.54) is 17.7 Å². The van der Waals surface area contributed by atoms with Gasteiger partial charge in [0.15, 0.2) is 0 Å². The van der Waals surface area contributed by atoms with Crippen molar-refractivity contribution in [1.29, 1.82) is 0 Å². The number of rotatable bonds is 4. The summed E-state index contributed by atoms with van der Waals surface area (Å²) in [6.07, 6.45) is 0.431. The predicted octanol–water partition coefficient (Wildman–Crippen LogP) is 4.59. The molecule has 0 fully saturated rings. The van der Waals surface area contributed by atoms with Gasteiger partial charge in [-0.05, 0) is 40.7 Å². The van der Waals surface area contributed by atoms with Gasteiger partial charge in [0.2, 0.25) is 5.91 Å². The van der Waals surface area contributed by atoms with Crippen LogP contribution in [0.25, 0.3) is 0 Å². The third kappa shape index (κ3) is 4.32. The van der Waals surface area contributed by atoms with Gasteiger partial charge in [-0.3, -0.25) is 4.79 Å². The van der Waals surface area contributed by atoms with Crippen LogP contribution in [-0.4, -0.2) is 5.91 Å². The number of hydrogen-bond donors (Lipinski definition) is 1. The molecule has 0 saturated heterocycles. The second-order valence-electron chi connectivity index (χ2n) is 6.78. The fourth-order valence-corrected chi connectivity index (χ4v) is 2.61. The lowest BCUT2D eigenvalue weighted by Crippen LogP contribution is -2.23. The highest BCUT2D eigenvalue weighted by Gasteiger charge is 2.20. The van der Waals surface area contributed by atoms with E-state index in [1.807, 2.05) is 12.1 Å². The van der Waals surface area contributed by atoms with Gasteiger partial charge in [-0.2, -0.15) is 0 Å². The Morgan fingerprint density at radius 3 is 2.26 bits per heavy atom. The van der Waals surface area contributed by atoms with Gasteiger partial charge in [0.1, 0.15) is 5.82 Å². The Bertz CT molecular complexity index is 704. The molecule has 2 rings (SSSR count). The Labute approximate surface area is 141 Å². The van der Waals surface area contributed by atoms with Crippen LogP contribution < -0.4 is 5.73 Å². The maximum Gasteiger partial charge on any atom is 0.225 e. The zero-order chi connectivity index (χ0) is 17.2. The van der Waals surface area contributed by atoms with Crippen molar-refractivity contribution in [2.45, 2.75) is 38.5 Å². The molecule has 23 heavy (non-hydrogen) atoms. The van der Waals surface area contributed by atoms with Crippen molar-refractivity contribution in [3.63, 3.8) is 0 Å². The molecule has 0 aliphatic rings. The summed E-state index contributed by atoms with van der Waals surface area (Å²) in [5, 5.41) is 0.0338. The average molecular weight is 334 g/mol. The fourth-order valence-electron chi connectivity index (χ4n) is 2.49. The van der Waals surface area contributed by atoms with Gasteiger partial charge < -0.3 is 5.73 Å². The van der Waals surface area contributed by atoms with Gasteiger partial charge in [-0.15, -0.1) is 0 Å². The summed E-state index contributed by atoms with van der Waals surface area (Å²) in [7, 11) is 0. The van der Waals surface area contributed by atoms with Gasteiger partial charge in [-0.1, -0.05) is 62.7 Å². The van der Waals surface area contributed by atoms with E-state index in [0.29, 0.717) is 12.0 Å². The van der Waals surface area contributed by atoms with E-state index in [-0.39, 0.29) is 10.4 Å². The van der Waals surface area contributed by atoms with Crippen LogP contribution >= 0.6 is 11.6 Å². The maximum absolute atomic E-state index is 13.6. The molecule has 0 aromatic heterocycles. The molecule has 0 saturated carbocycles. The summed E-state index contributed by atoms with van der Waals surface area (Å²) >= 11 is 5.69. The fraction of sp³-hybridized carbons (Fsp3) is 0.316. The molecule has 0 heterocycles. The van der Waals surface area contributed by atoms with Crippen LogP contribution in [0.1, 0.15) is 43.4 Å². The molecule has 0 radical (unpaired) electrons. The first-order chi connectivity index (χ1) is 10.7. The van der Waals surface area contributed by atoms with Crippen LogP contribution in [0, 0.1) is 5.82 Å². The van der Waals surface area contributed by atoms with Crippen LogP contribution in [0.15, 0.2) is 42.5 Å². The summed E-state index contributed by atoms with van der Waals surface area (Å²) in [6, 6.07) is 12.5. The van der Waals surface area contributed by atoms with Gasteiger partial charge in [0.25, 0.3) is 0 Å². The molecule has 2 aromatic carbocycles. The van der Waals surface area contributed by atoms with Crippen LogP contribution in [0.4, 0.5) is 4.39 Å². The van der Waals surface area contributed by atoms with E-state index in [0.717, 1.165) is 5.56 Å². The van der Waals surface area contributed by atoms with Gasteiger partial charge >= 0.3 is 0 Å². The smallest absolute Gasteiger partial charge is 0.225 e. The lowest BCUT2D eigenvalue weighted by atomic mass is 9.85. The third-order valence-electron chi connectivity index (χ3n) is 3.95. The highest BCUT2D eigenvalue weighted by atomic mass is 35.5. The third-order valence-corrected chi connectivity index (χ3v) is 4.26. The lowest BCUT2D eigenvalue weighted by molar-refractivity contribution is -0.119. The number of nitrogens with two attached hydrogens (primary N) is 1. The largest absolute Gasteiger partial charge is 0.369 e. The van der Waals surface area contributed by atoms with Crippen molar-refractivity contribution in [3.05, 3.63) is 70.0 Å². The molecule has 122 valence electrons. The molecular formula is C19H21ClFNO. The number of halogens is 2. The summed E-state index contributed by atoms with van der Waals surface area (Å²) in [5.74, 6) is -1.60. The Hall–Kier alpha value is -1.87. The Morgan fingerprint density at radius 1 is 1.17 bits per heavy atom. The normalized spacial score (nSPS) is 12.9. The minimum Gasteiger partial charge on any atom is -0.369 e. The van der Waals surface area contributed by atoms with E-state index < -0.39 is 17.6 Å². The van der Waals surface area contributed by atoms with Crippen molar-refractivity contribution in [3.8, 4) is 0 Å². The second kappa shape index (κ2) is 6.71. The van der Waals surface area contributed by atoms with Gasteiger partial charge in [0, 0.05) is 0 Å². The van der Waals surface area contributed by atoms with Crippen LogP contribution in [0.3, 0.4) is 0 Å². The van der Waals surface area contributed by atoms with E-state index in [2.05, 4.69) is 32.9 Å². The molecule has 1 unspecified atom stereocenters. The number of primary amides is 1. The number of carbonyl (C=O) groups excluding carboxylic acids is 1. The minimum absolute atomic E-state index is 0.0338. The molecule has 2 aromatic rings. The number of hydrogen-bond acceptors (Lipinski definition) is 1. The molecule has 0 aliphatic heterocycles. The highest BCUT2D eigenvalue weighted by molar-refractivity contribution is 6.30. The first-order valence-corrected chi connectivity index (χ1v) is 7.90. The van der Waals surface area contributed by atoms with Crippen LogP contribution in [-0.2, 0) is 16.6 Å². The molecular weight excluding hydrogens is 313 g/mol. The lowest BCUT2D eigenvalue weighted by Gasteiger charge is -2.20. The van der Waals surface area contributed by atoms with Crippen molar-refractivity contribution in [1.82, 2.24) is 0 Å². The zero-order valence-electron chi connectivity index (χ0n) is 13.6. The number of benzene rings is 2. The summed E-state index contributed by atoms with van der Waals surface area (Å²) < 4.78 is 13.6. The average Bonchev–Trinajstić information content (AvgIpc) is 2.47. The Morgan fingerprint density at radius 2 is 1.78 bits per heavy atom. The summed E-state index contributed by atoms with van der Waals surface area (Å²) in [4.78, 5) is 11.8. The molecule has 0 bridgehead atoms. The topological polar surface area (TPSA) is 43.1 Å². The van der Waals surface area contributed by atoms with Gasteiger partial charge in [-0.25, -0.2) is 4.39 Å². The zero-order valence-corrected chi connectivity index (χ0v) is 14.3. The maximum atomic E-state index is 13.6. The molecule has 0 aliphatic carbocycles. The van der Waals surface area contributed by atoms with E-state index in [4.69, 9.17) is 17.3 Å². The SMILES string of the molecule is CC(C)(C)c1ccc(CC(C(N)=O)c2ccc(Cl)c(F)c2)cc1. The van der Waals surface area contributed by atoms with E-state index in [9.17, 15) is 9.18 Å². The predicted molar refractivity (Wildman–Crippen MR) is 92.2 cm³/mol. The van der Waals surface area contributed by atoms with E-state index >= 15 is 0 Å². The summed E-state index contributed by atoms with van der Waals surface area (Å²) in [6.45, 7) is 6.43. The summed E-state index contributed by atoms with van der Waals surface area (Å²) in [5.41, 5.74) is 8.32. The Kier molecular flexibility index (Phi) is 5.10. The van der Waals surface area contributed by atoms with Crippen molar-refractivity contribution >= 4 is 17.5 Å². The quantitative estimate of drug-likeness (QED) is 0.873. The van der Waals surface area contributed by atoms with Crippen molar-refractivity contribution in [2.24, 2.45) is 5.73 Å². The molecule has 4 heteroatoms. The molecule has 1 amide bonds. The molecule has 0 spiro atoms. The van der Waals surface area contributed by atoms with Crippen molar-refractivity contribution in [2.75, 3.05) is 0 Å². The first-order valence-electron chi connectivity index (χ1n) is 7.52.